The molecule has 0 spiro atoms. The number of sulfonamides is 1. The van der Waals surface area contributed by atoms with E-state index in [4.69, 9.17) is 5.26 Å². The number of hydrogen-bond donors (Lipinski definition) is 2. The van der Waals surface area contributed by atoms with E-state index in [1.807, 2.05) is 24.6 Å². The first-order valence-electron chi connectivity index (χ1n) is 8.71. The van der Waals surface area contributed by atoms with Crippen LogP contribution in [0.25, 0.3) is 0 Å². The van der Waals surface area contributed by atoms with Crippen molar-refractivity contribution < 1.29 is 13.2 Å². The Kier molecular flexibility index (Phi) is 7.74. The minimum absolute atomic E-state index is 0.0181. The number of nitriles is 1. The average Bonchev–Trinajstić information content (AvgIpc) is 2.67. The number of hydrogen-bond acceptors (Lipinski definition) is 9. The molecule has 12 heteroatoms. The van der Waals surface area contributed by atoms with Crippen LogP contribution in [0.3, 0.4) is 0 Å². The molecule has 154 valence electrons. The Hall–Kier alpha value is -2.91. The molecular weight excluding hydrogens is 414 g/mol. The molecule has 10 nitrogen and oxygen atoms in total. The van der Waals surface area contributed by atoms with Crippen LogP contribution in [0.1, 0.15) is 19.4 Å². The molecule has 2 rings (SSSR count). The van der Waals surface area contributed by atoms with Gasteiger partial charge in [-0.05, 0) is 32.9 Å². The Morgan fingerprint density at radius 3 is 2.48 bits per heavy atom. The fourth-order valence-corrected chi connectivity index (χ4v) is 3.63. The van der Waals surface area contributed by atoms with Gasteiger partial charge in [0, 0.05) is 13.1 Å². The third-order valence-corrected chi connectivity index (χ3v) is 5.61. The predicted molar refractivity (Wildman–Crippen MR) is 110 cm³/mol. The van der Waals surface area contributed by atoms with Gasteiger partial charge in [0.25, 0.3) is 10.0 Å². The van der Waals surface area contributed by atoms with Gasteiger partial charge in [-0.2, -0.15) is 20.2 Å². The summed E-state index contributed by atoms with van der Waals surface area (Å²) in [6.07, 6.45) is 0. The first-order chi connectivity index (χ1) is 13.8. The molecule has 0 fully saturated rings. The number of amides is 2. The van der Waals surface area contributed by atoms with Gasteiger partial charge in [0.1, 0.15) is 0 Å². The number of carbonyl (C=O) groups is 1. The monoisotopic (exact) mass is 435 g/mol. The molecule has 29 heavy (non-hydrogen) atoms. The van der Waals surface area contributed by atoms with Crippen LogP contribution in [-0.4, -0.2) is 48.2 Å². The number of aromatic nitrogens is 3. The maximum atomic E-state index is 12.7. The van der Waals surface area contributed by atoms with Crippen LogP contribution in [-0.2, 0) is 10.0 Å². The number of nitrogens with one attached hydrogen (secondary N) is 2. The molecule has 0 saturated heterocycles. The summed E-state index contributed by atoms with van der Waals surface area (Å²) < 4.78 is 27.1. The van der Waals surface area contributed by atoms with Crippen LogP contribution in [0.5, 0.6) is 0 Å². The second-order valence-electron chi connectivity index (χ2n) is 5.69. The number of carbonyl (C=O) groups excluding carboxylic acids is 1. The number of urea groups is 1. The molecule has 0 bridgehead atoms. The first-order valence-corrected chi connectivity index (χ1v) is 11.2. The zero-order valence-electron chi connectivity index (χ0n) is 16.2. The van der Waals surface area contributed by atoms with Crippen molar-refractivity contribution in [3.05, 3.63) is 29.8 Å². The van der Waals surface area contributed by atoms with Gasteiger partial charge in [-0.1, -0.05) is 29.5 Å². The number of thioether (sulfide) groups is 1. The number of anilines is 2. The minimum atomic E-state index is -4.06. The van der Waals surface area contributed by atoms with Gasteiger partial charge in [-0.3, -0.25) is 4.90 Å². The quantitative estimate of drug-likeness (QED) is 0.596. The van der Waals surface area contributed by atoms with Gasteiger partial charge in [0.15, 0.2) is 5.16 Å². The smallest absolute Gasteiger partial charge is 0.338 e. The molecule has 2 amide bonds. The van der Waals surface area contributed by atoms with Crippen molar-refractivity contribution in [3.63, 3.8) is 0 Å². The zero-order chi connectivity index (χ0) is 21.4. The molecule has 0 atom stereocenters. The fraction of sp³-hybridized carbons (Fsp3) is 0.353. The van der Waals surface area contributed by atoms with Gasteiger partial charge >= 0.3 is 6.03 Å². The van der Waals surface area contributed by atoms with Gasteiger partial charge < -0.3 is 5.32 Å². The lowest BCUT2D eigenvalue weighted by molar-refractivity contribution is 0.251. The third kappa shape index (κ3) is 6.03. The van der Waals surface area contributed by atoms with E-state index in [1.54, 1.807) is 19.1 Å². The van der Waals surface area contributed by atoms with Crippen LogP contribution in [0.2, 0.25) is 0 Å². The van der Waals surface area contributed by atoms with E-state index >= 15 is 0 Å². The number of benzene rings is 1. The maximum absolute atomic E-state index is 12.7. The summed E-state index contributed by atoms with van der Waals surface area (Å²) in [5, 5.41) is 11.9. The van der Waals surface area contributed by atoms with E-state index in [0.717, 1.165) is 22.2 Å². The van der Waals surface area contributed by atoms with E-state index in [0.29, 0.717) is 6.54 Å². The molecule has 0 radical (unpaired) electrons. The Morgan fingerprint density at radius 2 is 1.90 bits per heavy atom. The second kappa shape index (κ2) is 10.0. The summed E-state index contributed by atoms with van der Waals surface area (Å²) in [5.74, 6) is 0.330. The summed E-state index contributed by atoms with van der Waals surface area (Å²) in [6, 6.07) is 7.21. The van der Waals surface area contributed by atoms with Gasteiger partial charge in [-0.25, -0.2) is 17.9 Å². The topological polar surface area (TPSA) is 141 Å². The van der Waals surface area contributed by atoms with Crippen molar-refractivity contribution in [3.8, 4) is 6.07 Å². The van der Waals surface area contributed by atoms with Crippen molar-refractivity contribution in [1.29, 1.82) is 5.26 Å². The highest BCUT2D eigenvalue weighted by molar-refractivity contribution is 7.99. The van der Waals surface area contributed by atoms with Gasteiger partial charge in [-0.15, -0.1) is 0 Å². The van der Waals surface area contributed by atoms with Gasteiger partial charge in [0.2, 0.25) is 11.9 Å². The predicted octanol–water partition coefficient (Wildman–Crippen LogP) is 2.15. The number of nitrogens with zero attached hydrogens (tertiary/aromatic N) is 5. The highest BCUT2D eigenvalue weighted by atomic mass is 32.2. The number of rotatable bonds is 8. The maximum Gasteiger partial charge on any atom is 0.338 e. The molecule has 1 aromatic heterocycles. The van der Waals surface area contributed by atoms with Crippen molar-refractivity contribution in [2.75, 3.05) is 29.1 Å². The third-order valence-electron chi connectivity index (χ3n) is 3.56. The Morgan fingerprint density at radius 1 is 1.21 bits per heavy atom. The van der Waals surface area contributed by atoms with Crippen LogP contribution in [0.4, 0.5) is 16.7 Å². The molecule has 1 aromatic carbocycles. The Bertz CT molecular complexity index is 1000. The Balaban J connectivity index is 2.31. The SMILES string of the molecule is CCNc1nc(SCC#N)nc(N(CC)C(=O)NS(=O)(=O)c2ccc(C)cc2)n1. The van der Waals surface area contributed by atoms with Crippen LogP contribution in [0, 0.1) is 18.3 Å². The van der Waals surface area contributed by atoms with Crippen molar-refractivity contribution in [1.82, 2.24) is 19.7 Å². The molecule has 2 aromatic rings. The average molecular weight is 436 g/mol. The van der Waals surface area contributed by atoms with E-state index < -0.39 is 16.1 Å². The van der Waals surface area contributed by atoms with E-state index in [9.17, 15) is 13.2 Å². The van der Waals surface area contributed by atoms with Crippen molar-refractivity contribution in [2.45, 2.75) is 30.8 Å². The van der Waals surface area contributed by atoms with E-state index in [-0.39, 0.29) is 34.2 Å². The highest BCUT2D eigenvalue weighted by Gasteiger charge is 2.25. The molecule has 2 N–H and O–H groups in total. The summed E-state index contributed by atoms with van der Waals surface area (Å²) in [5.41, 5.74) is 0.897. The van der Waals surface area contributed by atoms with Crippen LogP contribution in [0.15, 0.2) is 34.3 Å². The van der Waals surface area contributed by atoms with Crippen molar-refractivity contribution in [2.24, 2.45) is 0 Å². The summed E-state index contributed by atoms with van der Waals surface area (Å²) in [4.78, 5) is 26.3. The lowest BCUT2D eigenvalue weighted by Crippen LogP contribution is -2.43. The molecule has 0 unspecified atom stereocenters. The summed E-state index contributed by atoms with van der Waals surface area (Å²) in [7, 11) is -4.06. The molecule has 0 aliphatic heterocycles. The molecule has 0 saturated carbocycles. The lowest BCUT2D eigenvalue weighted by Gasteiger charge is -2.20. The van der Waals surface area contributed by atoms with Gasteiger partial charge in [0.05, 0.1) is 16.7 Å². The Labute approximate surface area is 173 Å². The molecule has 0 aliphatic rings. The van der Waals surface area contributed by atoms with E-state index in [2.05, 4.69) is 20.3 Å². The van der Waals surface area contributed by atoms with Crippen LogP contribution < -0.4 is 14.9 Å². The largest absolute Gasteiger partial charge is 0.354 e. The minimum Gasteiger partial charge on any atom is -0.354 e. The molecular formula is C17H21N7O3S2. The summed E-state index contributed by atoms with van der Waals surface area (Å²) in [6.45, 7) is 6.00. The summed E-state index contributed by atoms with van der Waals surface area (Å²) >= 11 is 1.09. The highest BCUT2D eigenvalue weighted by Crippen LogP contribution is 2.19. The fourth-order valence-electron chi connectivity index (χ4n) is 2.19. The second-order valence-corrected chi connectivity index (χ2v) is 8.31. The standard InChI is InChI=1S/C17H21N7O3S2/c1-4-19-14-20-15(22-16(21-14)28-11-10-18)24(5-2)17(25)23-29(26,27)13-8-6-12(3)7-9-13/h6-9H,4-5,11H2,1-3H3,(H,23,25)(H,19,20,21,22). The first kappa shape index (κ1) is 22.4. The van der Waals surface area contributed by atoms with Crippen LogP contribution >= 0.6 is 11.8 Å². The van der Waals surface area contributed by atoms with Crippen molar-refractivity contribution >= 4 is 39.7 Å². The lowest BCUT2D eigenvalue weighted by atomic mass is 10.2. The zero-order valence-corrected chi connectivity index (χ0v) is 17.8. The normalized spacial score (nSPS) is 10.8. The number of aryl methyl sites for hydroxylation is 1. The van der Waals surface area contributed by atoms with E-state index in [1.165, 1.54) is 12.1 Å². The molecule has 0 aliphatic carbocycles. The molecule has 1 heterocycles.